The van der Waals surface area contributed by atoms with Crippen LogP contribution in [-0.4, -0.2) is 41.0 Å². The Morgan fingerprint density at radius 1 is 1.11 bits per heavy atom. The van der Waals surface area contributed by atoms with Crippen molar-refractivity contribution >= 4 is 39.9 Å². The predicted octanol–water partition coefficient (Wildman–Crippen LogP) is 3.72. The summed E-state index contributed by atoms with van der Waals surface area (Å²) in [6.45, 7) is 2.40. The summed E-state index contributed by atoms with van der Waals surface area (Å²) in [6, 6.07) is 12.0. The van der Waals surface area contributed by atoms with Crippen LogP contribution < -0.4 is 10.6 Å². The first-order valence-corrected chi connectivity index (χ1v) is 9.45. The molecule has 0 saturated carbocycles. The van der Waals surface area contributed by atoms with Crippen molar-refractivity contribution in [1.82, 2.24) is 4.90 Å². The van der Waals surface area contributed by atoms with Crippen LogP contribution in [0.5, 0.6) is 0 Å². The van der Waals surface area contributed by atoms with Gasteiger partial charge in [0.05, 0.1) is 15.3 Å². The summed E-state index contributed by atoms with van der Waals surface area (Å²) in [5, 5.41) is 15.4. The van der Waals surface area contributed by atoms with Crippen LogP contribution >= 0.6 is 11.3 Å². The molecule has 2 heterocycles. The first kappa shape index (κ1) is 18.9. The van der Waals surface area contributed by atoms with E-state index in [4.69, 9.17) is 0 Å². The van der Waals surface area contributed by atoms with E-state index in [0.717, 1.165) is 0 Å². The number of amides is 3. The molecular formula is C19H21N3O4S. The van der Waals surface area contributed by atoms with Gasteiger partial charge in [0.1, 0.15) is 0 Å². The maximum atomic E-state index is 12.7. The molecule has 1 aliphatic heterocycles. The lowest BCUT2D eigenvalue weighted by atomic mass is 9.82. The number of likely N-dealkylation sites (tertiary alicyclic amines) is 1. The molecule has 1 unspecified atom stereocenters. The molecule has 0 aliphatic carbocycles. The summed E-state index contributed by atoms with van der Waals surface area (Å²) >= 11 is 1.17. The van der Waals surface area contributed by atoms with E-state index in [1.54, 1.807) is 36.1 Å². The summed E-state index contributed by atoms with van der Waals surface area (Å²) in [6.07, 6.45) is 1.22. The lowest BCUT2D eigenvalue weighted by molar-refractivity contribution is -0.150. The van der Waals surface area contributed by atoms with E-state index >= 15 is 0 Å². The van der Waals surface area contributed by atoms with Gasteiger partial charge >= 0.3 is 12.0 Å². The highest BCUT2D eigenvalue weighted by molar-refractivity contribution is 7.18. The molecule has 1 aliphatic rings. The maximum Gasteiger partial charge on any atom is 0.324 e. The van der Waals surface area contributed by atoms with Crippen LogP contribution in [0, 0.1) is 5.41 Å². The van der Waals surface area contributed by atoms with E-state index in [2.05, 4.69) is 10.6 Å². The molecule has 142 valence electrons. The molecule has 1 atom stereocenters. The molecule has 1 aromatic heterocycles. The number of nitrogens with one attached hydrogen (secondary N) is 2. The monoisotopic (exact) mass is 387 g/mol. The number of carboxylic acids is 1. The maximum absolute atomic E-state index is 12.7. The van der Waals surface area contributed by atoms with Gasteiger partial charge in [0.15, 0.2) is 0 Å². The van der Waals surface area contributed by atoms with E-state index in [1.807, 2.05) is 18.2 Å². The molecule has 1 aromatic carbocycles. The standard InChI is InChI=1S/C19H21N3O4S/c1-19(17(24)25)10-5-11-22(12-19)16(23)14-8-9-15(27-14)21-18(26)20-13-6-3-2-4-7-13/h2-4,6-9H,5,10-12H2,1H3,(H,24,25)(H2,20,21,26). The average molecular weight is 387 g/mol. The van der Waals surface area contributed by atoms with Crippen molar-refractivity contribution in [2.45, 2.75) is 19.8 Å². The number of hydrogen-bond donors (Lipinski definition) is 3. The Balaban J connectivity index is 1.62. The molecule has 0 bridgehead atoms. The number of anilines is 2. The smallest absolute Gasteiger partial charge is 0.324 e. The third-order valence-electron chi connectivity index (χ3n) is 4.59. The molecule has 0 spiro atoms. The fourth-order valence-corrected chi connectivity index (χ4v) is 3.93. The van der Waals surface area contributed by atoms with Gasteiger partial charge in [-0.2, -0.15) is 0 Å². The number of thiophene rings is 1. The molecule has 3 N–H and O–H groups in total. The van der Waals surface area contributed by atoms with Crippen LogP contribution in [-0.2, 0) is 4.79 Å². The quantitative estimate of drug-likeness (QED) is 0.744. The van der Waals surface area contributed by atoms with Gasteiger partial charge in [-0.3, -0.25) is 14.9 Å². The van der Waals surface area contributed by atoms with Crippen LogP contribution in [0.4, 0.5) is 15.5 Å². The van der Waals surface area contributed by atoms with Gasteiger partial charge in [0.2, 0.25) is 0 Å². The number of hydrogen-bond acceptors (Lipinski definition) is 4. The zero-order valence-electron chi connectivity index (χ0n) is 14.9. The summed E-state index contributed by atoms with van der Waals surface area (Å²) in [7, 11) is 0. The van der Waals surface area contributed by atoms with Crippen LogP contribution in [0.3, 0.4) is 0 Å². The van der Waals surface area contributed by atoms with Crippen LogP contribution in [0.15, 0.2) is 42.5 Å². The molecular weight excluding hydrogens is 366 g/mol. The normalized spacial score (nSPS) is 19.4. The zero-order valence-corrected chi connectivity index (χ0v) is 15.7. The van der Waals surface area contributed by atoms with E-state index in [9.17, 15) is 19.5 Å². The molecule has 7 nitrogen and oxygen atoms in total. The number of carbonyl (C=O) groups excluding carboxylic acids is 2. The molecule has 27 heavy (non-hydrogen) atoms. The van der Waals surface area contributed by atoms with Gasteiger partial charge < -0.3 is 15.3 Å². The Hall–Kier alpha value is -2.87. The molecule has 1 fully saturated rings. The Kier molecular flexibility index (Phi) is 5.46. The Morgan fingerprint density at radius 2 is 1.85 bits per heavy atom. The number of nitrogens with zero attached hydrogens (tertiary/aromatic N) is 1. The number of para-hydroxylation sites is 1. The lowest BCUT2D eigenvalue weighted by Gasteiger charge is -2.37. The van der Waals surface area contributed by atoms with E-state index in [-0.39, 0.29) is 12.5 Å². The predicted molar refractivity (Wildman–Crippen MR) is 104 cm³/mol. The molecule has 3 amide bonds. The van der Waals surface area contributed by atoms with Crippen LogP contribution in [0.25, 0.3) is 0 Å². The highest BCUT2D eigenvalue weighted by Gasteiger charge is 2.39. The number of carboxylic acid groups (broad SMARTS) is 1. The topological polar surface area (TPSA) is 98.7 Å². The van der Waals surface area contributed by atoms with Crippen molar-refractivity contribution in [1.29, 1.82) is 0 Å². The first-order chi connectivity index (χ1) is 12.9. The minimum Gasteiger partial charge on any atom is -0.481 e. The second-order valence-electron chi connectivity index (χ2n) is 6.81. The molecule has 0 radical (unpaired) electrons. The lowest BCUT2D eigenvalue weighted by Crippen LogP contribution is -2.48. The fraction of sp³-hybridized carbons (Fsp3) is 0.316. The van der Waals surface area contributed by atoms with Crippen LogP contribution in [0.1, 0.15) is 29.4 Å². The highest BCUT2D eigenvalue weighted by Crippen LogP contribution is 2.32. The molecule has 8 heteroatoms. The number of aliphatic carboxylic acids is 1. The number of urea groups is 1. The van der Waals surface area contributed by atoms with Gasteiger partial charge in [0, 0.05) is 18.8 Å². The number of carbonyl (C=O) groups is 3. The van der Waals surface area contributed by atoms with Gasteiger partial charge in [-0.15, -0.1) is 11.3 Å². The van der Waals surface area contributed by atoms with Crippen LogP contribution in [0.2, 0.25) is 0 Å². The van der Waals surface area contributed by atoms with Crippen molar-refractivity contribution in [3.8, 4) is 0 Å². The van der Waals surface area contributed by atoms with Gasteiger partial charge in [-0.1, -0.05) is 18.2 Å². The Morgan fingerprint density at radius 3 is 2.56 bits per heavy atom. The van der Waals surface area contributed by atoms with Gasteiger partial charge in [0.25, 0.3) is 5.91 Å². The third kappa shape index (κ3) is 4.46. The first-order valence-electron chi connectivity index (χ1n) is 8.63. The van der Waals surface area contributed by atoms with Gasteiger partial charge in [-0.25, -0.2) is 4.79 Å². The van der Waals surface area contributed by atoms with Crippen molar-refractivity contribution in [3.05, 3.63) is 47.3 Å². The second kappa shape index (κ2) is 7.79. The van der Waals surface area contributed by atoms with Crippen molar-refractivity contribution < 1.29 is 19.5 Å². The largest absolute Gasteiger partial charge is 0.481 e. The van der Waals surface area contributed by atoms with E-state index < -0.39 is 17.4 Å². The minimum atomic E-state index is -0.915. The summed E-state index contributed by atoms with van der Waals surface area (Å²) < 4.78 is 0. The molecule has 3 rings (SSSR count). The van der Waals surface area contributed by atoms with Crippen molar-refractivity contribution in [2.75, 3.05) is 23.7 Å². The number of rotatable bonds is 4. The SMILES string of the molecule is CC1(C(=O)O)CCCN(C(=O)c2ccc(NC(=O)Nc3ccccc3)s2)C1. The van der Waals surface area contributed by atoms with E-state index in [1.165, 1.54) is 11.3 Å². The summed E-state index contributed by atoms with van der Waals surface area (Å²) in [4.78, 5) is 38.3. The third-order valence-corrected chi connectivity index (χ3v) is 5.57. The van der Waals surface area contributed by atoms with Gasteiger partial charge in [-0.05, 0) is 44.0 Å². The van der Waals surface area contributed by atoms with E-state index in [0.29, 0.717) is 35.0 Å². The van der Waals surface area contributed by atoms with Crippen molar-refractivity contribution in [3.63, 3.8) is 0 Å². The fourth-order valence-electron chi connectivity index (χ4n) is 3.06. The number of benzene rings is 1. The highest BCUT2D eigenvalue weighted by atomic mass is 32.1. The molecule has 2 aromatic rings. The number of piperidine rings is 1. The summed E-state index contributed by atoms with van der Waals surface area (Å²) in [5.74, 6) is -1.09. The minimum absolute atomic E-state index is 0.191. The summed E-state index contributed by atoms with van der Waals surface area (Å²) in [5.41, 5.74) is -0.244. The second-order valence-corrected chi connectivity index (χ2v) is 7.89. The Labute approximate surface area is 161 Å². The Bertz CT molecular complexity index is 852. The molecule has 1 saturated heterocycles. The average Bonchev–Trinajstić information content (AvgIpc) is 3.10. The van der Waals surface area contributed by atoms with Crippen molar-refractivity contribution in [2.24, 2.45) is 5.41 Å². The zero-order chi connectivity index (χ0) is 19.4.